The van der Waals surface area contributed by atoms with Crippen LogP contribution in [-0.4, -0.2) is 35.1 Å². The van der Waals surface area contributed by atoms with Gasteiger partial charge in [-0.2, -0.15) is 0 Å². The molecule has 0 aliphatic carbocycles. The van der Waals surface area contributed by atoms with E-state index in [0.717, 1.165) is 0 Å². The molecule has 0 saturated carbocycles. The van der Waals surface area contributed by atoms with Gasteiger partial charge in [0.2, 0.25) is 15.9 Å². The molecule has 0 atom stereocenters. The van der Waals surface area contributed by atoms with E-state index in [4.69, 9.17) is 32.7 Å². The van der Waals surface area contributed by atoms with E-state index in [2.05, 4.69) is 10.0 Å². The number of hydrogen-bond donors (Lipinski definition) is 2. The van der Waals surface area contributed by atoms with Crippen LogP contribution in [-0.2, 0) is 14.8 Å². The molecule has 27 heavy (non-hydrogen) atoms. The van der Waals surface area contributed by atoms with Crippen LogP contribution in [0, 0.1) is 0 Å². The number of amides is 1. The molecular weight excluding hydrogens is 415 g/mol. The van der Waals surface area contributed by atoms with Crippen LogP contribution >= 0.6 is 23.2 Å². The van der Waals surface area contributed by atoms with Crippen LogP contribution in [0.1, 0.15) is 6.42 Å². The average Bonchev–Trinajstić information content (AvgIpc) is 2.64. The number of rotatable bonds is 8. The monoisotopic (exact) mass is 432 g/mol. The van der Waals surface area contributed by atoms with Gasteiger partial charge < -0.3 is 14.8 Å². The minimum atomic E-state index is -3.80. The lowest BCUT2D eigenvalue weighted by atomic mass is 10.3. The minimum absolute atomic E-state index is 0.00467. The van der Waals surface area contributed by atoms with Gasteiger partial charge in [0.05, 0.1) is 29.2 Å². The van der Waals surface area contributed by atoms with Crippen LogP contribution in [0.15, 0.2) is 41.3 Å². The third kappa shape index (κ3) is 5.74. The Morgan fingerprint density at radius 2 is 1.70 bits per heavy atom. The van der Waals surface area contributed by atoms with E-state index in [1.807, 2.05) is 0 Å². The van der Waals surface area contributed by atoms with Gasteiger partial charge in [0.25, 0.3) is 0 Å². The molecule has 0 aliphatic rings. The molecule has 0 aliphatic heterocycles. The van der Waals surface area contributed by atoms with Crippen LogP contribution in [0.5, 0.6) is 11.5 Å². The van der Waals surface area contributed by atoms with Crippen molar-refractivity contribution in [1.29, 1.82) is 0 Å². The number of halogens is 2. The quantitative estimate of drug-likeness (QED) is 0.666. The Labute approximate surface area is 167 Å². The Morgan fingerprint density at radius 1 is 1.00 bits per heavy atom. The normalized spacial score (nSPS) is 11.1. The lowest BCUT2D eigenvalue weighted by Crippen LogP contribution is -2.27. The second-order valence-electron chi connectivity index (χ2n) is 5.34. The Kier molecular flexibility index (Phi) is 7.32. The number of benzene rings is 2. The zero-order valence-electron chi connectivity index (χ0n) is 14.6. The molecule has 0 bridgehead atoms. The molecule has 0 saturated heterocycles. The van der Waals surface area contributed by atoms with Crippen molar-refractivity contribution < 1.29 is 22.7 Å². The standard InChI is InChI=1S/C17H18Cl2N2O5S/c1-25-15-6-4-12(10-16(15)26-2)27(23,24)20-8-7-17(22)21-11-3-5-13(18)14(19)9-11/h3-6,9-10,20H,7-8H2,1-2H3,(H,21,22). The summed E-state index contributed by atoms with van der Waals surface area (Å²) in [7, 11) is -0.936. The van der Waals surface area contributed by atoms with Crippen molar-refractivity contribution >= 4 is 44.8 Å². The average molecular weight is 433 g/mol. The summed E-state index contributed by atoms with van der Waals surface area (Å²) in [5.74, 6) is 0.332. The fourth-order valence-corrected chi connectivity index (χ4v) is 3.51. The Bertz CT molecular complexity index is 935. The summed E-state index contributed by atoms with van der Waals surface area (Å²) in [4.78, 5) is 12.0. The first-order valence-corrected chi connectivity index (χ1v) is 9.97. The highest BCUT2D eigenvalue weighted by Gasteiger charge is 2.17. The summed E-state index contributed by atoms with van der Waals surface area (Å²) < 4.78 is 37.2. The van der Waals surface area contributed by atoms with E-state index in [1.165, 1.54) is 38.5 Å². The lowest BCUT2D eigenvalue weighted by molar-refractivity contribution is -0.116. The van der Waals surface area contributed by atoms with Gasteiger partial charge >= 0.3 is 0 Å². The van der Waals surface area contributed by atoms with Crippen LogP contribution in [0.2, 0.25) is 10.0 Å². The van der Waals surface area contributed by atoms with Gasteiger partial charge in [0.15, 0.2) is 11.5 Å². The van der Waals surface area contributed by atoms with E-state index in [0.29, 0.717) is 21.5 Å². The van der Waals surface area contributed by atoms with Crippen molar-refractivity contribution in [3.63, 3.8) is 0 Å². The molecule has 2 N–H and O–H groups in total. The van der Waals surface area contributed by atoms with Crippen LogP contribution in [0.25, 0.3) is 0 Å². The van der Waals surface area contributed by atoms with Gasteiger partial charge in [-0.15, -0.1) is 0 Å². The summed E-state index contributed by atoms with van der Waals surface area (Å²) in [6.07, 6.45) is -0.0627. The maximum atomic E-state index is 12.4. The zero-order valence-corrected chi connectivity index (χ0v) is 16.9. The van der Waals surface area contributed by atoms with Crippen molar-refractivity contribution in [2.24, 2.45) is 0 Å². The fraction of sp³-hybridized carbons (Fsp3) is 0.235. The van der Waals surface area contributed by atoms with Crippen LogP contribution in [0.3, 0.4) is 0 Å². The predicted molar refractivity (Wildman–Crippen MR) is 104 cm³/mol. The SMILES string of the molecule is COc1ccc(S(=O)(=O)NCCC(=O)Nc2ccc(Cl)c(Cl)c2)cc1OC. The molecule has 1 amide bonds. The van der Waals surface area contributed by atoms with E-state index >= 15 is 0 Å². The Morgan fingerprint density at radius 3 is 2.33 bits per heavy atom. The van der Waals surface area contributed by atoms with E-state index < -0.39 is 10.0 Å². The largest absolute Gasteiger partial charge is 0.493 e. The maximum absolute atomic E-state index is 12.4. The molecule has 10 heteroatoms. The molecule has 0 fully saturated rings. The number of nitrogens with one attached hydrogen (secondary N) is 2. The maximum Gasteiger partial charge on any atom is 0.240 e. The van der Waals surface area contributed by atoms with Gasteiger partial charge in [-0.25, -0.2) is 13.1 Å². The summed E-state index contributed by atoms with van der Waals surface area (Å²) in [5.41, 5.74) is 0.470. The van der Waals surface area contributed by atoms with Crippen LogP contribution < -0.4 is 19.5 Å². The van der Waals surface area contributed by atoms with Gasteiger partial charge in [-0.1, -0.05) is 23.2 Å². The number of anilines is 1. The molecule has 0 radical (unpaired) electrons. The summed E-state index contributed by atoms with van der Waals surface area (Å²) >= 11 is 11.7. The Hall–Kier alpha value is -2.00. The molecule has 0 heterocycles. The second-order valence-corrected chi connectivity index (χ2v) is 7.92. The molecule has 7 nitrogen and oxygen atoms in total. The van der Waals surface area contributed by atoms with Gasteiger partial charge in [-0.3, -0.25) is 4.79 Å². The third-order valence-electron chi connectivity index (χ3n) is 3.51. The highest BCUT2D eigenvalue weighted by Crippen LogP contribution is 2.29. The Balaban J connectivity index is 1.95. The number of carbonyl (C=O) groups is 1. The third-order valence-corrected chi connectivity index (χ3v) is 5.71. The lowest BCUT2D eigenvalue weighted by Gasteiger charge is -2.11. The highest BCUT2D eigenvalue weighted by atomic mass is 35.5. The highest BCUT2D eigenvalue weighted by molar-refractivity contribution is 7.89. The number of hydrogen-bond acceptors (Lipinski definition) is 5. The van der Waals surface area contributed by atoms with E-state index in [9.17, 15) is 13.2 Å². The fourth-order valence-electron chi connectivity index (χ4n) is 2.16. The molecule has 146 valence electrons. The van der Waals surface area contributed by atoms with E-state index in [1.54, 1.807) is 12.1 Å². The molecule has 0 spiro atoms. The summed E-state index contributed by atoms with van der Waals surface area (Å²) in [6, 6.07) is 8.88. The molecule has 2 aromatic carbocycles. The van der Waals surface area contributed by atoms with Crippen molar-refractivity contribution in [1.82, 2.24) is 4.72 Å². The molecular formula is C17H18Cl2N2O5S. The number of carbonyl (C=O) groups excluding carboxylic acids is 1. The summed E-state index contributed by atoms with van der Waals surface area (Å²) in [6.45, 7) is -0.0795. The van der Waals surface area contributed by atoms with Crippen molar-refractivity contribution in [2.45, 2.75) is 11.3 Å². The van der Waals surface area contributed by atoms with Crippen LogP contribution in [0.4, 0.5) is 5.69 Å². The molecule has 2 rings (SSSR count). The molecule has 0 aromatic heterocycles. The van der Waals surface area contributed by atoms with Gasteiger partial charge in [0.1, 0.15) is 0 Å². The predicted octanol–water partition coefficient (Wildman–Crippen LogP) is 3.32. The van der Waals surface area contributed by atoms with Gasteiger partial charge in [-0.05, 0) is 30.3 Å². The van der Waals surface area contributed by atoms with Crippen molar-refractivity contribution in [3.8, 4) is 11.5 Å². The number of methoxy groups -OCH3 is 2. The second kappa shape index (κ2) is 9.27. The minimum Gasteiger partial charge on any atom is -0.493 e. The smallest absolute Gasteiger partial charge is 0.240 e. The molecule has 2 aromatic rings. The first-order valence-electron chi connectivity index (χ1n) is 7.73. The first kappa shape index (κ1) is 21.3. The summed E-state index contributed by atoms with van der Waals surface area (Å²) in [5, 5.41) is 3.30. The zero-order chi connectivity index (χ0) is 20.0. The molecule has 0 unspecified atom stereocenters. The number of ether oxygens (including phenoxy) is 2. The van der Waals surface area contributed by atoms with E-state index in [-0.39, 0.29) is 29.5 Å². The first-order chi connectivity index (χ1) is 12.8. The topological polar surface area (TPSA) is 93.7 Å². The van der Waals surface area contributed by atoms with Crippen molar-refractivity contribution in [3.05, 3.63) is 46.4 Å². The van der Waals surface area contributed by atoms with Crippen molar-refractivity contribution in [2.75, 3.05) is 26.1 Å². The van der Waals surface area contributed by atoms with Gasteiger partial charge in [0, 0.05) is 24.7 Å². The number of sulfonamides is 1.